The zero-order valence-corrected chi connectivity index (χ0v) is 17.0. The van der Waals surface area contributed by atoms with Gasteiger partial charge >= 0.3 is 5.97 Å². The maximum Gasteiger partial charge on any atom is 0.344 e. The summed E-state index contributed by atoms with van der Waals surface area (Å²) in [4.78, 5) is 24.8. The molecule has 0 saturated carbocycles. The maximum atomic E-state index is 14.3. The third-order valence-electron chi connectivity index (χ3n) is 4.06. The smallest absolute Gasteiger partial charge is 0.344 e. The van der Waals surface area contributed by atoms with Crippen LogP contribution in [0.2, 0.25) is 5.02 Å². The molecule has 156 valence electrons. The van der Waals surface area contributed by atoms with E-state index in [-0.39, 0.29) is 27.6 Å². The summed E-state index contributed by atoms with van der Waals surface area (Å²) < 4.78 is 29.8. The molecule has 0 unspecified atom stereocenters. The molecular formula is C21H18ClFN2O5. The lowest BCUT2D eigenvalue weighted by Crippen LogP contribution is -2.21. The van der Waals surface area contributed by atoms with E-state index in [1.807, 2.05) is 6.92 Å². The molecule has 1 amide bonds. The van der Waals surface area contributed by atoms with E-state index in [0.717, 1.165) is 0 Å². The van der Waals surface area contributed by atoms with Crippen molar-refractivity contribution < 1.29 is 28.0 Å². The topological polar surface area (TPSA) is 90.7 Å². The zero-order chi connectivity index (χ0) is 21.7. The number of hydrogen-bond donors (Lipinski definition) is 1. The lowest BCUT2D eigenvalue weighted by Gasteiger charge is -2.11. The third kappa shape index (κ3) is 4.60. The van der Waals surface area contributed by atoms with Crippen LogP contribution in [0, 0.1) is 12.7 Å². The molecule has 0 bridgehead atoms. The number of para-hydroxylation sites is 2. The van der Waals surface area contributed by atoms with Crippen molar-refractivity contribution in [2.24, 2.45) is 0 Å². The first-order valence-electron chi connectivity index (χ1n) is 9.01. The normalized spacial score (nSPS) is 10.5. The average Bonchev–Trinajstić information content (AvgIpc) is 3.09. The molecular weight excluding hydrogens is 415 g/mol. The molecule has 3 rings (SSSR count). The van der Waals surface area contributed by atoms with E-state index in [1.165, 1.54) is 25.1 Å². The number of carbonyl (C=O) groups is 2. The van der Waals surface area contributed by atoms with E-state index in [4.69, 9.17) is 25.6 Å². The second-order valence-corrected chi connectivity index (χ2v) is 6.52. The van der Waals surface area contributed by atoms with Crippen molar-refractivity contribution in [1.82, 2.24) is 5.16 Å². The number of halogens is 2. The van der Waals surface area contributed by atoms with Crippen molar-refractivity contribution in [3.63, 3.8) is 0 Å². The van der Waals surface area contributed by atoms with Gasteiger partial charge in [0.1, 0.15) is 28.6 Å². The van der Waals surface area contributed by atoms with Gasteiger partial charge in [0.2, 0.25) is 0 Å². The highest BCUT2D eigenvalue weighted by atomic mass is 35.5. The number of hydrogen-bond acceptors (Lipinski definition) is 6. The van der Waals surface area contributed by atoms with Gasteiger partial charge in [-0.05, 0) is 38.1 Å². The van der Waals surface area contributed by atoms with Gasteiger partial charge < -0.3 is 19.3 Å². The predicted octanol–water partition coefficient (Wildman–Crippen LogP) is 4.64. The van der Waals surface area contributed by atoms with E-state index < -0.39 is 24.3 Å². The molecule has 0 aliphatic heterocycles. The minimum atomic E-state index is -0.892. The Balaban J connectivity index is 1.74. The first-order chi connectivity index (χ1) is 14.4. The largest absolute Gasteiger partial charge is 0.492 e. The van der Waals surface area contributed by atoms with E-state index in [1.54, 1.807) is 24.3 Å². The second kappa shape index (κ2) is 9.41. The Morgan fingerprint density at radius 1 is 1.20 bits per heavy atom. The number of esters is 1. The van der Waals surface area contributed by atoms with Gasteiger partial charge in [0.05, 0.1) is 22.9 Å². The predicted molar refractivity (Wildman–Crippen MR) is 108 cm³/mol. The molecule has 1 N–H and O–H groups in total. The maximum absolute atomic E-state index is 14.3. The Hall–Kier alpha value is -3.39. The number of nitrogens with zero attached hydrogens (tertiary/aromatic N) is 1. The number of carbonyl (C=O) groups excluding carboxylic acids is 2. The van der Waals surface area contributed by atoms with Crippen LogP contribution in [-0.2, 0) is 9.53 Å². The molecule has 0 saturated heterocycles. The molecule has 0 spiro atoms. The molecule has 1 aromatic heterocycles. The van der Waals surface area contributed by atoms with Crippen LogP contribution >= 0.6 is 11.6 Å². The molecule has 0 atom stereocenters. The molecule has 7 nitrogen and oxygen atoms in total. The van der Waals surface area contributed by atoms with Crippen molar-refractivity contribution in [2.45, 2.75) is 13.8 Å². The number of ether oxygens (including phenoxy) is 2. The average molecular weight is 433 g/mol. The van der Waals surface area contributed by atoms with Crippen LogP contribution in [-0.4, -0.2) is 30.2 Å². The van der Waals surface area contributed by atoms with Crippen molar-refractivity contribution in [3.8, 4) is 17.0 Å². The van der Waals surface area contributed by atoms with Crippen LogP contribution in [0.25, 0.3) is 11.3 Å². The highest BCUT2D eigenvalue weighted by Crippen LogP contribution is 2.33. The van der Waals surface area contributed by atoms with E-state index >= 15 is 0 Å². The lowest BCUT2D eigenvalue weighted by molar-refractivity contribution is -0.119. The highest BCUT2D eigenvalue weighted by molar-refractivity contribution is 6.33. The molecule has 1 heterocycles. The van der Waals surface area contributed by atoms with Gasteiger partial charge in [0, 0.05) is 0 Å². The summed E-state index contributed by atoms with van der Waals surface area (Å²) in [7, 11) is 0. The van der Waals surface area contributed by atoms with Crippen LogP contribution in [0.4, 0.5) is 10.1 Å². The number of benzene rings is 2. The van der Waals surface area contributed by atoms with E-state index in [2.05, 4.69) is 10.5 Å². The molecule has 30 heavy (non-hydrogen) atoms. The summed E-state index contributed by atoms with van der Waals surface area (Å²) in [6.45, 7) is 3.14. The number of aromatic nitrogens is 1. The van der Waals surface area contributed by atoms with Crippen LogP contribution < -0.4 is 10.1 Å². The minimum Gasteiger partial charge on any atom is -0.492 e. The number of aryl methyl sites for hydroxylation is 1. The van der Waals surface area contributed by atoms with E-state index in [0.29, 0.717) is 18.0 Å². The summed E-state index contributed by atoms with van der Waals surface area (Å²) in [6.07, 6.45) is 0. The van der Waals surface area contributed by atoms with Crippen molar-refractivity contribution in [2.75, 3.05) is 18.5 Å². The Morgan fingerprint density at radius 3 is 2.70 bits per heavy atom. The van der Waals surface area contributed by atoms with Crippen LogP contribution in [0.1, 0.15) is 23.0 Å². The van der Waals surface area contributed by atoms with Crippen LogP contribution in [0.15, 0.2) is 47.0 Å². The van der Waals surface area contributed by atoms with Gasteiger partial charge in [-0.15, -0.1) is 0 Å². The Kier molecular flexibility index (Phi) is 6.68. The number of rotatable bonds is 7. The van der Waals surface area contributed by atoms with E-state index in [9.17, 15) is 14.0 Å². The summed E-state index contributed by atoms with van der Waals surface area (Å²) >= 11 is 6.06. The SMILES string of the molecule is CCOc1ccccc1NC(=O)COC(=O)c1c(-c2c(F)cccc2Cl)noc1C. The van der Waals surface area contributed by atoms with Gasteiger partial charge in [-0.3, -0.25) is 4.79 Å². The summed E-state index contributed by atoms with van der Waals surface area (Å²) in [5.41, 5.74) is 0.158. The van der Waals surface area contributed by atoms with Gasteiger partial charge in [-0.2, -0.15) is 0 Å². The lowest BCUT2D eigenvalue weighted by atomic mass is 10.1. The fourth-order valence-electron chi connectivity index (χ4n) is 2.75. The second-order valence-electron chi connectivity index (χ2n) is 6.11. The summed E-state index contributed by atoms with van der Waals surface area (Å²) in [6, 6.07) is 10.9. The zero-order valence-electron chi connectivity index (χ0n) is 16.2. The molecule has 2 aromatic carbocycles. The van der Waals surface area contributed by atoms with Crippen LogP contribution in [0.5, 0.6) is 5.75 Å². The van der Waals surface area contributed by atoms with Gasteiger partial charge in [-0.25, -0.2) is 9.18 Å². The Morgan fingerprint density at radius 2 is 1.97 bits per heavy atom. The highest BCUT2D eigenvalue weighted by Gasteiger charge is 2.27. The number of amides is 1. The van der Waals surface area contributed by atoms with Gasteiger partial charge in [0.15, 0.2) is 6.61 Å². The van der Waals surface area contributed by atoms with Gasteiger partial charge in [0.25, 0.3) is 5.91 Å². The molecule has 3 aromatic rings. The van der Waals surface area contributed by atoms with Gasteiger partial charge in [-0.1, -0.05) is 35.0 Å². The number of nitrogens with one attached hydrogen (secondary N) is 1. The first-order valence-corrected chi connectivity index (χ1v) is 9.39. The molecule has 0 radical (unpaired) electrons. The van der Waals surface area contributed by atoms with Crippen molar-refractivity contribution >= 4 is 29.2 Å². The van der Waals surface area contributed by atoms with Crippen molar-refractivity contribution in [3.05, 3.63) is 64.6 Å². The quantitative estimate of drug-likeness (QED) is 0.547. The Bertz CT molecular complexity index is 1060. The summed E-state index contributed by atoms with van der Waals surface area (Å²) in [5.74, 6) is -1.54. The minimum absolute atomic E-state index is 0.0580. The molecule has 0 fully saturated rings. The fraction of sp³-hybridized carbons (Fsp3) is 0.190. The first kappa shape index (κ1) is 21.3. The molecule has 0 aliphatic carbocycles. The fourth-order valence-corrected chi connectivity index (χ4v) is 3.00. The third-order valence-corrected chi connectivity index (χ3v) is 4.38. The standard InChI is InChI=1S/C21H18ClFN2O5/c1-3-28-16-10-5-4-9-15(16)24-17(26)11-29-21(27)18-12(2)30-25-20(18)19-13(22)7-6-8-14(19)23/h4-10H,3,11H2,1-2H3,(H,24,26). The Labute approximate surface area is 176 Å². The molecule has 9 heteroatoms. The van der Waals surface area contributed by atoms with Crippen LogP contribution in [0.3, 0.4) is 0 Å². The molecule has 0 aliphatic rings. The monoisotopic (exact) mass is 432 g/mol. The van der Waals surface area contributed by atoms with Crippen molar-refractivity contribution in [1.29, 1.82) is 0 Å². The summed E-state index contributed by atoms with van der Waals surface area (Å²) in [5, 5.41) is 6.41. The number of anilines is 1.